The van der Waals surface area contributed by atoms with Crippen LogP contribution in [0.2, 0.25) is 5.02 Å². The van der Waals surface area contributed by atoms with E-state index in [0.29, 0.717) is 0 Å². The van der Waals surface area contributed by atoms with E-state index in [-0.39, 0.29) is 10.6 Å². The molecule has 0 aliphatic rings. The Labute approximate surface area is 112 Å². The van der Waals surface area contributed by atoms with Gasteiger partial charge in [0.25, 0.3) is 5.91 Å². The molecular weight excluding hydrogens is 309 g/mol. The molecule has 0 fully saturated rings. The van der Waals surface area contributed by atoms with Crippen LogP contribution in [-0.2, 0) is 4.79 Å². The number of carbonyl (C=O) groups is 2. The topological polar surface area (TPSA) is 66.4 Å². The number of rotatable bonds is 3. The van der Waals surface area contributed by atoms with E-state index in [0.717, 1.165) is 4.47 Å². The molecule has 1 aromatic carbocycles. The van der Waals surface area contributed by atoms with Crippen LogP contribution in [-0.4, -0.2) is 22.5 Å². The zero-order valence-electron chi connectivity index (χ0n) is 9.25. The summed E-state index contributed by atoms with van der Waals surface area (Å²) in [7, 11) is 0. The minimum absolute atomic E-state index is 0.240. The maximum absolute atomic E-state index is 11.8. The lowest BCUT2D eigenvalue weighted by Gasteiger charge is -2.21. The molecule has 92 valence electrons. The number of hydrogen-bond acceptors (Lipinski definition) is 2. The molecule has 2 N–H and O–H groups in total. The van der Waals surface area contributed by atoms with Crippen molar-refractivity contribution in [2.45, 2.75) is 19.4 Å². The molecular formula is C11H11BrClNO3. The molecule has 0 unspecified atom stereocenters. The standard InChI is InChI=1S/C11H11BrClNO3/c1-11(2,10(16)17)14-9(15)7-4-3-6(12)5-8(7)13/h3-5H,1-2H3,(H,14,15)(H,16,17). The first-order valence-corrected chi connectivity index (χ1v) is 5.92. The van der Waals surface area contributed by atoms with Gasteiger partial charge in [-0.15, -0.1) is 0 Å². The second kappa shape index (κ2) is 5.06. The SMILES string of the molecule is CC(C)(NC(=O)c1ccc(Br)cc1Cl)C(=O)O. The van der Waals surface area contributed by atoms with Crippen molar-refractivity contribution < 1.29 is 14.7 Å². The van der Waals surface area contributed by atoms with Gasteiger partial charge in [-0.05, 0) is 32.0 Å². The molecule has 0 saturated carbocycles. The molecule has 1 aromatic rings. The second-order valence-electron chi connectivity index (χ2n) is 4.01. The third-order valence-electron chi connectivity index (χ3n) is 2.14. The van der Waals surface area contributed by atoms with Crippen molar-refractivity contribution >= 4 is 39.4 Å². The molecule has 0 spiro atoms. The van der Waals surface area contributed by atoms with Crippen LogP contribution in [0.5, 0.6) is 0 Å². The van der Waals surface area contributed by atoms with Gasteiger partial charge in [-0.25, -0.2) is 4.79 Å². The number of carbonyl (C=O) groups excluding carboxylic acids is 1. The summed E-state index contributed by atoms with van der Waals surface area (Å²) in [6, 6.07) is 4.76. The van der Waals surface area contributed by atoms with Crippen molar-refractivity contribution in [3.05, 3.63) is 33.3 Å². The number of carboxylic acid groups (broad SMARTS) is 1. The minimum atomic E-state index is -1.34. The average Bonchev–Trinajstić information content (AvgIpc) is 2.15. The van der Waals surface area contributed by atoms with Crippen LogP contribution in [0.1, 0.15) is 24.2 Å². The molecule has 6 heteroatoms. The van der Waals surface area contributed by atoms with Crippen LogP contribution in [0.25, 0.3) is 0 Å². The number of amides is 1. The number of nitrogens with one attached hydrogen (secondary N) is 1. The molecule has 1 rings (SSSR count). The Morgan fingerprint density at radius 1 is 1.41 bits per heavy atom. The van der Waals surface area contributed by atoms with Crippen molar-refractivity contribution in [3.8, 4) is 0 Å². The third-order valence-corrected chi connectivity index (χ3v) is 2.94. The molecule has 0 atom stereocenters. The highest BCUT2D eigenvalue weighted by molar-refractivity contribution is 9.10. The number of carboxylic acids is 1. The lowest BCUT2D eigenvalue weighted by atomic mass is 10.1. The fourth-order valence-electron chi connectivity index (χ4n) is 1.08. The smallest absolute Gasteiger partial charge is 0.328 e. The van der Waals surface area contributed by atoms with Crippen molar-refractivity contribution in [2.24, 2.45) is 0 Å². The van der Waals surface area contributed by atoms with Crippen molar-refractivity contribution in [1.29, 1.82) is 0 Å². The van der Waals surface area contributed by atoms with Gasteiger partial charge >= 0.3 is 5.97 Å². The van der Waals surface area contributed by atoms with Crippen molar-refractivity contribution in [2.75, 3.05) is 0 Å². The largest absolute Gasteiger partial charge is 0.480 e. The monoisotopic (exact) mass is 319 g/mol. The number of hydrogen-bond donors (Lipinski definition) is 2. The van der Waals surface area contributed by atoms with E-state index in [1.165, 1.54) is 19.9 Å². The van der Waals surface area contributed by atoms with Crippen LogP contribution in [0.3, 0.4) is 0 Å². The zero-order valence-corrected chi connectivity index (χ0v) is 11.6. The van der Waals surface area contributed by atoms with E-state index in [4.69, 9.17) is 16.7 Å². The highest BCUT2D eigenvalue weighted by Gasteiger charge is 2.29. The summed E-state index contributed by atoms with van der Waals surface area (Å²) in [4.78, 5) is 22.7. The molecule has 0 bridgehead atoms. The fraction of sp³-hybridized carbons (Fsp3) is 0.273. The highest BCUT2D eigenvalue weighted by Crippen LogP contribution is 2.21. The van der Waals surface area contributed by atoms with Crippen LogP contribution in [0.15, 0.2) is 22.7 Å². The fourth-order valence-corrected chi connectivity index (χ4v) is 1.84. The number of benzene rings is 1. The lowest BCUT2D eigenvalue weighted by molar-refractivity contribution is -0.143. The molecule has 0 aromatic heterocycles. The van der Waals surface area contributed by atoms with E-state index >= 15 is 0 Å². The first-order chi connectivity index (χ1) is 7.74. The van der Waals surface area contributed by atoms with Crippen molar-refractivity contribution in [1.82, 2.24) is 5.32 Å². The summed E-state index contributed by atoms with van der Waals surface area (Å²) in [5.74, 6) is -1.63. The van der Waals surface area contributed by atoms with Crippen LogP contribution < -0.4 is 5.32 Å². The maximum atomic E-state index is 11.8. The Morgan fingerprint density at radius 3 is 2.47 bits per heavy atom. The molecule has 0 aliphatic heterocycles. The predicted molar refractivity (Wildman–Crippen MR) is 68.3 cm³/mol. The Hall–Kier alpha value is -1.07. The van der Waals surface area contributed by atoms with E-state index in [1.54, 1.807) is 12.1 Å². The van der Waals surface area contributed by atoms with Crippen LogP contribution >= 0.6 is 27.5 Å². The van der Waals surface area contributed by atoms with Gasteiger partial charge in [0.1, 0.15) is 5.54 Å². The molecule has 0 radical (unpaired) electrons. The van der Waals surface area contributed by atoms with Gasteiger partial charge in [-0.2, -0.15) is 0 Å². The van der Waals surface area contributed by atoms with Crippen LogP contribution in [0, 0.1) is 0 Å². The highest BCUT2D eigenvalue weighted by atomic mass is 79.9. The van der Waals surface area contributed by atoms with Gasteiger partial charge in [-0.1, -0.05) is 27.5 Å². The Kier molecular flexibility index (Phi) is 4.16. The molecule has 0 heterocycles. The summed E-state index contributed by atoms with van der Waals surface area (Å²) < 4.78 is 0.747. The predicted octanol–water partition coefficient (Wildman–Crippen LogP) is 2.70. The van der Waals surface area contributed by atoms with Gasteiger partial charge in [0.15, 0.2) is 0 Å². The average molecular weight is 321 g/mol. The zero-order chi connectivity index (χ0) is 13.2. The normalized spacial score (nSPS) is 11.1. The molecule has 0 aliphatic carbocycles. The first-order valence-electron chi connectivity index (χ1n) is 4.75. The van der Waals surface area contributed by atoms with Gasteiger partial charge in [-0.3, -0.25) is 4.79 Å². The van der Waals surface area contributed by atoms with Gasteiger partial charge < -0.3 is 10.4 Å². The van der Waals surface area contributed by atoms with E-state index in [2.05, 4.69) is 21.2 Å². The second-order valence-corrected chi connectivity index (χ2v) is 5.33. The first kappa shape index (κ1) is 14.0. The Balaban J connectivity index is 2.95. The molecule has 17 heavy (non-hydrogen) atoms. The number of halogens is 2. The molecule has 1 amide bonds. The third kappa shape index (κ3) is 3.44. The summed E-state index contributed by atoms with van der Waals surface area (Å²) in [6.07, 6.45) is 0. The number of aliphatic carboxylic acids is 1. The van der Waals surface area contributed by atoms with Gasteiger partial charge in [0.2, 0.25) is 0 Å². The summed E-state index contributed by atoms with van der Waals surface area (Å²) in [5.41, 5.74) is -1.10. The Morgan fingerprint density at radius 2 is 2.00 bits per heavy atom. The van der Waals surface area contributed by atoms with Crippen LogP contribution in [0.4, 0.5) is 0 Å². The lowest BCUT2D eigenvalue weighted by Crippen LogP contribution is -2.49. The van der Waals surface area contributed by atoms with Crippen molar-refractivity contribution in [3.63, 3.8) is 0 Å². The van der Waals surface area contributed by atoms with E-state index < -0.39 is 17.4 Å². The van der Waals surface area contributed by atoms with Gasteiger partial charge in [0, 0.05) is 4.47 Å². The Bertz CT molecular complexity index is 474. The van der Waals surface area contributed by atoms with E-state index in [1.807, 2.05) is 0 Å². The minimum Gasteiger partial charge on any atom is -0.480 e. The summed E-state index contributed by atoms with van der Waals surface area (Å²) in [6.45, 7) is 2.81. The molecule has 4 nitrogen and oxygen atoms in total. The maximum Gasteiger partial charge on any atom is 0.328 e. The van der Waals surface area contributed by atoms with Gasteiger partial charge in [0.05, 0.1) is 10.6 Å². The summed E-state index contributed by atoms with van der Waals surface area (Å²) >= 11 is 9.11. The van der Waals surface area contributed by atoms with E-state index in [9.17, 15) is 9.59 Å². The quantitative estimate of drug-likeness (QED) is 0.900. The summed E-state index contributed by atoms with van der Waals surface area (Å²) in [5, 5.41) is 11.6. The molecule has 0 saturated heterocycles.